The van der Waals surface area contributed by atoms with Crippen molar-refractivity contribution in [1.29, 1.82) is 0 Å². The van der Waals surface area contributed by atoms with Crippen LogP contribution in [0.15, 0.2) is 23.8 Å². The van der Waals surface area contributed by atoms with Crippen LogP contribution in [0.5, 0.6) is 0 Å². The van der Waals surface area contributed by atoms with Crippen molar-refractivity contribution in [2.45, 2.75) is 149 Å². The smallest absolute Gasteiger partial charge is 0.303 e. The lowest BCUT2D eigenvalue weighted by atomic mass is 9.46. The summed E-state index contributed by atoms with van der Waals surface area (Å²) in [6.07, 6.45) is 2.85. The first-order chi connectivity index (χ1) is 20.6. The van der Waals surface area contributed by atoms with Gasteiger partial charge in [0.05, 0.1) is 24.4 Å². The van der Waals surface area contributed by atoms with Crippen molar-refractivity contribution in [2.24, 2.45) is 46.3 Å². The van der Waals surface area contributed by atoms with Crippen LogP contribution in [-0.4, -0.2) is 75.4 Å². The quantitative estimate of drug-likeness (QED) is 0.223. The fourth-order valence-corrected chi connectivity index (χ4v) is 10.4. The first-order valence-corrected chi connectivity index (χ1v) is 17.2. The summed E-state index contributed by atoms with van der Waals surface area (Å²) in [4.78, 5) is 11.5. The van der Waals surface area contributed by atoms with Gasteiger partial charge in [-0.05, 0) is 105 Å². The van der Waals surface area contributed by atoms with Crippen molar-refractivity contribution in [3.05, 3.63) is 23.8 Å². The van der Waals surface area contributed by atoms with Crippen LogP contribution in [0.25, 0.3) is 0 Å². The summed E-state index contributed by atoms with van der Waals surface area (Å²) in [5.41, 5.74) is 2.43. The number of aliphatic hydroxyl groups excluding tert-OH is 4. The molecule has 3 unspecified atom stereocenters. The van der Waals surface area contributed by atoms with Crippen molar-refractivity contribution >= 4 is 5.97 Å². The highest BCUT2D eigenvalue weighted by Gasteiger charge is 2.63. The van der Waals surface area contributed by atoms with Crippen molar-refractivity contribution in [3.63, 3.8) is 0 Å². The molecule has 4 aliphatic carbocycles. The Hall–Kier alpha value is -1.29. The van der Waals surface area contributed by atoms with Crippen molar-refractivity contribution < 1.29 is 39.4 Å². The molecule has 0 bridgehead atoms. The number of hydrogen-bond donors (Lipinski definition) is 4. The van der Waals surface area contributed by atoms with Gasteiger partial charge in [0, 0.05) is 6.92 Å². The molecule has 1 heterocycles. The van der Waals surface area contributed by atoms with Gasteiger partial charge in [0.1, 0.15) is 12.2 Å². The van der Waals surface area contributed by atoms with E-state index in [-0.39, 0.29) is 40.8 Å². The molecular formula is C36H58O8. The summed E-state index contributed by atoms with van der Waals surface area (Å²) in [6.45, 7) is 18.7. The van der Waals surface area contributed by atoms with E-state index in [0.717, 1.165) is 44.9 Å². The zero-order valence-corrected chi connectivity index (χ0v) is 27.9. The normalized spacial score (nSPS) is 47.7. The van der Waals surface area contributed by atoms with Crippen LogP contribution in [0.1, 0.15) is 99.8 Å². The maximum absolute atomic E-state index is 11.7. The zero-order chi connectivity index (χ0) is 32.3. The van der Waals surface area contributed by atoms with E-state index in [2.05, 4.69) is 47.3 Å². The van der Waals surface area contributed by atoms with Gasteiger partial charge >= 0.3 is 5.97 Å². The van der Waals surface area contributed by atoms with Crippen LogP contribution in [0, 0.1) is 46.3 Å². The van der Waals surface area contributed by atoms with Crippen LogP contribution < -0.4 is 0 Å². The Labute approximate surface area is 264 Å². The van der Waals surface area contributed by atoms with E-state index in [1.165, 1.54) is 18.1 Å². The number of rotatable bonds is 8. The average Bonchev–Trinajstić information content (AvgIpc) is 3.22. The number of fused-ring (bicyclic) bond motifs is 5. The second-order valence-electron chi connectivity index (χ2n) is 15.9. The highest BCUT2D eigenvalue weighted by molar-refractivity contribution is 5.66. The zero-order valence-electron chi connectivity index (χ0n) is 27.9. The lowest BCUT2D eigenvalue weighted by Gasteiger charge is -2.59. The monoisotopic (exact) mass is 618 g/mol. The van der Waals surface area contributed by atoms with Gasteiger partial charge in [0.15, 0.2) is 12.4 Å². The Balaban J connectivity index is 1.28. The van der Waals surface area contributed by atoms with Crippen molar-refractivity contribution in [1.82, 2.24) is 0 Å². The molecular weight excluding hydrogens is 560 g/mol. The summed E-state index contributed by atoms with van der Waals surface area (Å²) < 4.78 is 17.3. The summed E-state index contributed by atoms with van der Waals surface area (Å²) in [6, 6.07) is 0. The molecule has 0 aromatic carbocycles. The maximum Gasteiger partial charge on any atom is 0.303 e. The molecule has 44 heavy (non-hydrogen) atoms. The Morgan fingerprint density at radius 1 is 1.09 bits per heavy atom. The summed E-state index contributed by atoms with van der Waals surface area (Å²) >= 11 is 0. The second kappa shape index (κ2) is 12.7. The van der Waals surface area contributed by atoms with Crippen LogP contribution in [0.2, 0.25) is 0 Å². The van der Waals surface area contributed by atoms with Gasteiger partial charge in [0.25, 0.3) is 0 Å². The molecule has 4 N–H and O–H groups in total. The first kappa shape index (κ1) is 34.1. The van der Waals surface area contributed by atoms with Gasteiger partial charge in [-0.1, -0.05) is 58.4 Å². The van der Waals surface area contributed by atoms with Gasteiger partial charge in [-0.3, -0.25) is 4.79 Å². The molecule has 1 aliphatic heterocycles. The number of ether oxygens (including phenoxy) is 3. The molecule has 0 aromatic rings. The van der Waals surface area contributed by atoms with Gasteiger partial charge in [0.2, 0.25) is 0 Å². The minimum atomic E-state index is -1.34. The Kier molecular flexibility index (Phi) is 9.85. The standard InChI is InChI=1S/C36H58O8/c1-18(2)19(3)9-10-20(4)30-28(39)17-26-29-25(12-14-36(26,30)8)35(7)13-11-24(15-23(35)16-27(29)38)44-34-32(41)31(40)33(21(5)42-34)43-22(6)37/h16,18,20-21,24-34,38-41H,3,9-15,17H2,1-2,4-8H3/t20-,21+,24?,25+,26+,27?,28?,29-,30+,31+,32+,33-,34+,35+,36+/m1/s1. The molecule has 15 atom stereocenters. The summed E-state index contributed by atoms with van der Waals surface area (Å²) in [7, 11) is 0. The van der Waals surface area contributed by atoms with Gasteiger partial charge in [-0.25, -0.2) is 0 Å². The maximum atomic E-state index is 11.7. The largest absolute Gasteiger partial charge is 0.457 e. The molecule has 5 rings (SSSR count). The van der Waals surface area contributed by atoms with Crippen LogP contribution in [0.3, 0.4) is 0 Å². The molecule has 4 fully saturated rings. The predicted octanol–water partition coefficient (Wildman–Crippen LogP) is 4.92. The number of allylic oxidation sites excluding steroid dienone is 1. The molecule has 0 radical (unpaired) electrons. The lowest BCUT2D eigenvalue weighted by molar-refractivity contribution is -0.307. The molecule has 8 heteroatoms. The molecule has 5 aliphatic rings. The van der Waals surface area contributed by atoms with Crippen molar-refractivity contribution in [3.8, 4) is 0 Å². The molecule has 250 valence electrons. The minimum Gasteiger partial charge on any atom is -0.457 e. The Bertz CT molecular complexity index is 1100. The number of carbonyl (C=O) groups excluding carboxylic acids is 1. The molecule has 8 nitrogen and oxygen atoms in total. The lowest BCUT2D eigenvalue weighted by Crippen LogP contribution is -2.59. The van der Waals surface area contributed by atoms with Gasteiger partial charge < -0.3 is 34.6 Å². The van der Waals surface area contributed by atoms with E-state index in [1.54, 1.807) is 6.92 Å². The fourth-order valence-electron chi connectivity index (χ4n) is 10.4. The third-order valence-electron chi connectivity index (χ3n) is 12.9. The van der Waals surface area contributed by atoms with E-state index in [4.69, 9.17) is 14.2 Å². The number of esters is 1. The van der Waals surface area contributed by atoms with E-state index < -0.39 is 42.8 Å². The fraction of sp³-hybridized carbons (Fsp3) is 0.861. The molecule has 0 amide bonds. The third-order valence-corrected chi connectivity index (χ3v) is 12.9. The Morgan fingerprint density at radius 3 is 2.45 bits per heavy atom. The highest BCUT2D eigenvalue weighted by Crippen LogP contribution is 2.67. The number of carbonyl (C=O) groups is 1. The summed E-state index contributed by atoms with van der Waals surface area (Å²) in [5, 5.41) is 44.6. The van der Waals surface area contributed by atoms with E-state index in [1.807, 2.05) is 0 Å². The Morgan fingerprint density at radius 2 is 1.80 bits per heavy atom. The predicted molar refractivity (Wildman–Crippen MR) is 167 cm³/mol. The van der Waals surface area contributed by atoms with Crippen LogP contribution in [-0.2, 0) is 19.0 Å². The first-order valence-electron chi connectivity index (χ1n) is 17.2. The van der Waals surface area contributed by atoms with E-state index >= 15 is 0 Å². The van der Waals surface area contributed by atoms with Crippen LogP contribution in [0.4, 0.5) is 0 Å². The average molecular weight is 619 g/mol. The third kappa shape index (κ3) is 5.97. The van der Waals surface area contributed by atoms with Gasteiger partial charge in [-0.2, -0.15) is 0 Å². The molecule has 0 aromatic heterocycles. The molecule has 1 saturated heterocycles. The number of hydrogen-bond acceptors (Lipinski definition) is 8. The number of aliphatic hydroxyl groups is 4. The van der Waals surface area contributed by atoms with E-state index in [9.17, 15) is 25.2 Å². The van der Waals surface area contributed by atoms with E-state index in [0.29, 0.717) is 24.2 Å². The molecule has 0 spiro atoms. The van der Waals surface area contributed by atoms with Crippen LogP contribution >= 0.6 is 0 Å². The van der Waals surface area contributed by atoms with Crippen molar-refractivity contribution in [2.75, 3.05) is 0 Å². The topological polar surface area (TPSA) is 126 Å². The summed E-state index contributed by atoms with van der Waals surface area (Å²) in [5.74, 6) is 1.28. The minimum absolute atomic E-state index is 0.00187. The second-order valence-corrected chi connectivity index (χ2v) is 15.9. The highest BCUT2D eigenvalue weighted by atomic mass is 16.7. The molecule has 3 saturated carbocycles. The SMILES string of the molecule is C=C(CC[C@@H](C)[C@H]1C(O)C[C@H]2[C@@H]3C(O)C=C4CC(O[C@@H]5O[C@@H](C)[C@@H](OC(C)=O)[C@@H](O)[C@@H]5O)CC[C@]4(C)[C@H]3CC[C@]12C)C(C)C. The van der Waals surface area contributed by atoms with Gasteiger partial charge in [-0.15, -0.1) is 0 Å².